The van der Waals surface area contributed by atoms with E-state index in [1.54, 1.807) is 13.8 Å². The Morgan fingerprint density at radius 1 is 0.756 bits per heavy atom. The number of rotatable bonds is 10. The van der Waals surface area contributed by atoms with E-state index >= 15 is 0 Å². The first-order valence-corrected chi connectivity index (χ1v) is 12.2. The fraction of sp³-hybridized carbons (Fsp3) is 0.133. The molecule has 4 aromatic rings. The van der Waals surface area contributed by atoms with Crippen molar-refractivity contribution in [2.24, 2.45) is 0 Å². The molecule has 4 rings (SSSR count). The van der Waals surface area contributed by atoms with Crippen LogP contribution in [0.15, 0.2) is 84.9 Å². The Balaban J connectivity index is 0.000000226. The molecule has 41 heavy (non-hydrogen) atoms. The molecule has 4 aromatic carbocycles. The van der Waals surface area contributed by atoms with Crippen molar-refractivity contribution in [3.63, 3.8) is 0 Å². The van der Waals surface area contributed by atoms with Crippen molar-refractivity contribution < 1.29 is 34.0 Å². The monoisotopic (exact) mass is 558 g/mol. The molecule has 0 aliphatic heterocycles. The summed E-state index contributed by atoms with van der Waals surface area (Å²) in [4.78, 5) is 42.4. The molecule has 11 heteroatoms. The van der Waals surface area contributed by atoms with E-state index in [1.807, 2.05) is 60.7 Å². The minimum atomic E-state index is -1.33. The van der Waals surface area contributed by atoms with Gasteiger partial charge < -0.3 is 14.6 Å². The first-order valence-electron chi connectivity index (χ1n) is 12.2. The summed E-state index contributed by atoms with van der Waals surface area (Å²) in [6, 6.07) is 24.0. The Morgan fingerprint density at radius 2 is 1.20 bits per heavy atom. The number of aromatic carboxylic acids is 1. The summed E-state index contributed by atoms with van der Waals surface area (Å²) in [7, 11) is 0. The summed E-state index contributed by atoms with van der Waals surface area (Å²) in [5.74, 6) is -0.624. The highest BCUT2D eigenvalue weighted by Crippen LogP contribution is 2.30. The summed E-state index contributed by atoms with van der Waals surface area (Å²) in [5, 5.41) is 30.9. The van der Waals surface area contributed by atoms with Crippen LogP contribution in [0.25, 0.3) is 0 Å². The standard InChI is InChI=1S/C15H13NO5.C15H13NO4/c1-10-7-12(15(17)18)13(16(19)20)8-14(10)21-9-11-5-3-2-4-6-11;1-11-7-13(9-17)14(16(18)19)8-15(11)20-10-12-5-3-2-4-6-12/h2-8H,9H2,1H3,(H,17,18);2-9H,10H2,1H3. The largest absolute Gasteiger partial charge is 0.488 e. The molecule has 0 fully saturated rings. The van der Waals surface area contributed by atoms with E-state index in [9.17, 15) is 29.8 Å². The molecule has 0 unspecified atom stereocenters. The lowest BCUT2D eigenvalue weighted by Gasteiger charge is -2.10. The number of aldehydes is 1. The fourth-order valence-corrected chi connectivity index (χ4v) is 3.73. The molecule has 0 spiro atoms. The Hall–Kier alpha value is -5.58. The minimum Gasteiger partial charge on any atom is -0.488 e. The van der Waals surface area contributed by atoms with Gasteiger partial charge in [0.05, 0.1) is 27.5 Å². The van der Waals surface area contributed by atoms with Crippen LogP contribution < -0.4 is 9.47 Å². The van der Waals surface area contributed by atoms with Gasteiger partial charge in [-0.3, -0.25) is 25.0 Å². The Labute approximate surface area is 234 Å². The van der Waals surface area contributed by atoms with Crippen LogP contribution in [0.2, 0.25) is 0 Å². The van der Waals surface area contributed by atoms with Crippen LogP contribution in [0.3, 0.4) is 0 Å². The van der Waals surface area contributed by atoms with Crippen molar-refractivity contribution in [1.29, 1.82) is 0 Å². The molecule has 1 N–H and O–H groups in total. The first kappa shape index (κ1) is 30.0. The van der Waals surface area contributed by atoms with E-state index in [1.165, 1.54) is 18.2 Å². The fourth-order valence-electron chi connectivity index (χ4n) is 3.73. The number of hydrogen-bond acceptors (Lipinski definition) is 8. The van der Waals surface area contributed by atoms with Crippen LogP contribution in [0, 0.1) is 34.1 Å². The van der Waals surface area contributed by atoms with E-state index in [0.29, 0.717) is 35.5 Å². The molecule has 0 aliphatic carbocycles. The Kier molecular flexibility index (Phi) is 10.2. The number of aryl methyl sites for hydroxylation is 2. The summed E-state index contributed by atoms with van der Waals surface area (Å²) in [6.07, 6.45) is 0.478. The summed E-state index contributed by atoms with van der Waals surface area (Å²) in [6.45, 7) is 3.97. The second kappa shape index (κ2) is 14.0. The van der Waals surface area contributed by atoms with Gasteiger partial charge in [0.15, 0.2) is 6.29 Å². The second-order valence-corrected chi connectivity index (χ2v) is 8.80. The SMILES string of the molecule is Cc1cc(C(=O)O)c([N+](=O)[O-])cc1OCc1ccccc1.Cc1cc(C=O)c([N+](=O)[O-])cc1OCc1ccccc1. The third-order valence-electron chi connectivity index (χ3n) is 5.84. The molecule has 0 saturated heterocycles. The number of hydrogen-bond donors (Lipinski definition) is 1. The molecule has 11 nitrogen and oxygen atoms in total. The van der Waals surface area contributed by atoms with Gasteiger partial charge in [0, 0.05) is 0 Å². The molecule has 0 bridgehead atoms. The average molecular weight is 559 g/mol. The van der Waals surface area contributed by atoms with E-state index < -0.39 is 21.5 Å². The van der Waals surface area contributed by atoms with Gasteiger partial charge in [0.2, 0.25) is 0 Å². The Bertz CT molecular complexity index is 1560. The number of carbonyl (C=O) groups is 2. The van der Waals surface area contributed by atoms with Crippen LogP contribution in [0.4, 0.5) is 11.4 Å². The number of carboxylic acids is 1. The zero-order valence-corrected chi connectivity index (χ0v) is 22.2. The van der Waals surface area contributed by atoms with Gasteiger partial charge in [0.1, 0.15) is 30.3 Å². The van der Waals surface area contributed by atoms with Gasteiger partial charge in [-0.25, -0.2) is 4.79 Å². The van der Waals surface area contributed by atoms with Gasteiger partial charge in [-0.15, -0.1) is 0 Å². The minimum absolute atomic E-state index is 0.0551. The van der Waals surface area contributed by atoms with E-state index in [2.05, 4.69) is 0 Å². The highest BCUT2D eigenvalue weighted by atomic mass is 16.6. The predicted octanol–water partition coefficient (Wildman–Crippen LogP) is 6.48. The van der Waals surface area contributed by atoms with Crippen molar-refractivity contribution in [3.8, 4) is 11.5 Å². The molecule has 0 saturated carbocycles. The lowest BCUT2D eigenvalue weighted by molar-refractivity contribution is -0.385. The zero-order valence-electron chi connectivity index (χ0n) is 22.2. The maximum Gasteiger partial charge on any atom is 0.342 e. The van der Waals surface area contributed by atoms with Crippen molar-refractivity contribution in [2.45, 2.75) is 27.1 Å². The molecule has 0 heterocycles. The van der Waals surface area contributed by atoms with Gasteiger partial charge in [-0.1, -0.05) is 60.7 Å². The highest BCUT2D eigenvalue weighted by molar-refractivity contribution is 5.93. The summed E-state index contributed by atoms with van der Waals surface area (Å²) >= 11 is 0. The van der Waals surface area contributed by atoms with Crippen LogP contribution >= 0.6 is 0 Å². The van der Waals surface area contributed by atoms with E-state index in [4.69, 9.17) is 14.6 Å². The van der Waals surface area contributed by atoms with Crippen molar-refractivity contribution >= 4 is 23.6 Å². The predicted molar refractivity (Wildman–Crippen MR) is 150 cm³/mol. The van der Waals surface area contributed by atoms with Crippen LogP contribution in [0.1, 0.15) is 43.0 Å². The molecule has 0 atom stereocenters. The van der Waals surface area contributed by atoms with E-state index in [0.717, 1.165) is 17.2 Å². The summed E-state index contributed by atoms with van der Waals surface area (Å²) < 4.78 is 11.1. The third kappa shape index (κ3) is 8.20. The molecular weight excluding hydrogens is 532 g/mol. The number of nitro benzene ring substituents is 2. The first-order chi connectivity index (χ1) is 19.6. The van der Waals surface area contributed by atoms with Gasteiger partial charge in [-0.05, 0) is 48.2 Å². The third-order valence-corrected chi connectivity index (χ3v) is 5.84. The quantitative estimate of drug-likeness (QED) is 0.131. The lowest BCUT2D eigenvalue weighted by Crippen LogP contribution is -2.05. The van der Waals surface area contributed by atoms with Crippen molar-refractivity contribution in [1.82, 2.24) is 0 Å². The maximum absolute atomic E-state index is 11.0. The van der Waals surface area contributed by atoms with Gasteiger partial charge in [-0.2, -0.15) is 0 Å². The number of ether oxygens (including phenoxy) is 2. The maximum atomic E-state index is 11.0. The number of nitro groups is 2. The van der Waals surface area contributed by atoms with Crippen LogP contribution in [-0.4, -0.2) is 27.2 Å². The molecule has 0 radical (unpaired) electrons. The topological polar surface area (TPSA) is 159 Å². The number of benzene rings is 4. The molecule has 0 amide bonds. The Morgan fingerprint density at radius 3 is 1.61 bits per heavy atom. The number of nitrogens with zero attached hydrogens (tertiary/aromatic N) is 2. The lowest BCUT2D eigenvalue weighted by atomic mass is 10.1. The molecule has 0 aromatic heterocycles. The van der Waals surface area contributed by atoms with E-state index in [-0.39, 0.29) is 23.4 Å². The number of carbonyl (C=O) groups excluding carboxylic acids is 1. The van der Waals surface area contributed by atoms with Gasteiger partial charge >= 0.3 is 5.97 Å². The number of carboxylic acid groups (broad SMARTS) is 1. The van der Waals surface area contributed by atoms with Crippen molar-refractivity contribution in [3.05, 3.63) is 139 Å². The zero-order chi connectivity index (χ0) is 29.9. The van der Waals surface area contributed by atoms with Gasteiger partial charge in [0.25, 0.3) is 11.4 Å². The molecule has 210 valence electrons. The molecular formula is C30H26N2O9. The average Bonchev–Trinajstić information content (AvgIpc) is 2.96. The van der Waals surface area contributed by atoms with Crippen LogP contribution in [0.5, 0.6) is 11.5 Å². The summed E-state index contributed by atoms with van der Waals surface area (Å²) in [5.41, 5.74) is 2.10. The smallest absolute Gasteiger partial charge is 0.342 e. The highest BCUT2D eigenvalue weighted by Gasteiger charge is 2.22. The normalized spacial score (nSPS) is 10.1. The van der Waals surface area contributed by atoms with Crippen LogP contribution in [-0.2, 0) is 13.2 Å². The van der Waals surface area contributed by atoms with Crippen molar-refractivity contribution in [2.75, 3.05) is 0 Å². The molecule has 0 aliphatic rings. The second-order valence-electron chi connectivity index (χ2n) is 8.80.